The Morgan fingerprint density at radius 2 is 1.65 bits per heavy atom. The molecule has 5 atom stereocenters. The maximum Gasteiger partial charge on any atom is 0.190 e. The second-order valence-corrected chi connectivity index (χ2v) is 7.19. The number of aliphatic hydroxyl groups excluding tert-OH is 1. The van der Waals surface area contributed by atoms with Gasteiger partial charge in [-0.3, -0.25) is 0 Å². The van der Waals surface area contributed by atoms with Gasteiger partial charge in [0.25, 0.3) is 0 Å². The van der Waals surface area contributed by atoms with Crippen LogP contribution in [0.5, 0.6) is 0 Å². The number of benzene rings is 2. The SMILES string of the molecule is CC1(C)O[C@H]2O[C@@H]([C@@H](O)c3ccccc3)[C@H](OCc3ccccc3)[C@H]2O1. The molecule has 138 valence electrons. The fourth-order valence-corrected chi connectivity index (χ4v) is 3.55. The Balaban J connectivity index is 1.54. The largest absolute Gasteiger partial charge is 0.386 e. The standard InChI is InChI=1S/C21H24O5/c1-21(2)25-19-18(23-13-14-9-5-3-6-10-14)17(24-20(19)26-21)16(22)15-11-7-4-8-12-15/h3-12,16-20,22H,13H2,1-2H3/t16-,17-,18-,19+,20+/m0/s1. The minimum atomic E-state index is -0.821. The first-order valence-electron chi connectivity index (χ1n) is 8.93. The highest BCUT2D eigenvalue weighted by Gasteiger charge is 2.57. The third-order valence-electron chi connectivity index (χ3n) is 4.76. The summed E-state index contributed by atoms with van der Waals surface area (Å²) < 4.78 is 24.0. The van der Waals surface area contributed by atoms with Gasteiger partial charge in [0.15, 0.2) is 12.1 Å². The van der Waals surface area contributed by atoms with Gasteiger partial charge < -0.3 is 24.1 Å². The van der Waals surface area contributed by atoms with E-state index in [1.54, 1.807) is 0 Å². The first-order valence-corrected chi connectivity index (χ1v) is 8.93. The van der Waals surface area contributed by atoms with Crippen LogP contribution in [0.3, 0.4) is 0 Å². The molecule has 0 unspecified atom stereocenters. The van der Waals surface area contributed by atoms with E-state index in [-0.39, 0.29) is 6.10 Å². The Morgan fingerprint density at radius 1 is 1.00 bits per heavy atom. The van der Waals surface area contributed by atoms with Gasteiger partial charge in [-0.15, -0.1) is 0 Å². The van der Waals surface area contributed by atoms with E-state index >= 15 is 0 Å². The predicted molar refractivity (Wildman–Crippen MR) is 95.1 cm³/mol. The molecular formula is C21H24O5. The molecular weight excluding hydrogens is 332 g/mol. The lowest BCUT2D eigenvalue weighted by molar-refractivity contribution is -0.231. The molecule has 4 rings (SSSR count). The van der Waals surface area contributed by atoms with Crippen molar-refractivity contribution < 1.29 is 24.1 Å². The van der Waals surface area contributed by atoms with Gasteiger partial charge in [0, 0.05) is 0 Å². The molecule has 2 fully saturated rings. The van der Waals surface area contributed by atoms with Crippen molar-refractivity contribution in [3.63, 3.8) is 0 Å². The van der Waals surface area contributed by atoms with Crippen LogP contribution >= 0.6 is 0 Å². The highest BCUT2D eigenvalue weighted by atomic mass is 16.8. The van der Waals surface area contributed by atoms with Crippen LogP contribution in [0.1, 0.15) is 31.1 Å². The molecule has 0 saturated carbocycles. The topological polar surface area (TPSA) is 57.2 Å². The minimum Gasteiger partial charge on any atom is -0.386 e. The lowest BCUT2D eigenvalue weighted by Crippen LogP contribution is -2.39. The first kappa shape index (κ1) is 17.6. The Labute approximate surface area is 153 Å². The minimum absolute atomic E-state index is 0.378. The highest BCUT2D eigenvalue weighted by Crippen LogP contribution is 2.42. The third kappa shape index (κ3) is 3.54. The average Bonchev–Trinajstić information content (AvgIpc) is 3.12. The van der Waals surface area contributed by atoms with Crippen LogP contribution in [0, 0.1) is 0 Å². The molecule has 0 spiro atoms. The number of hydrogen-bond donors (Lipinski definition) is 1. The number of hydrogen-bond acceptors (Lipinski definition) is 5. The Hall–Kier alpha value is -1.76. The molecule has 1 N–H and O–H groups in total. The molecule has 0 aromatic heterocycles. The smallest absolute Gasteiger partial charge is 0.190 e. The quantitative estimate of drug-likeness (QED) is 0.892. The molecule has 5 heteroatoms. The van der Waals surface area contributed by atoms with Gasteiger partial charge in [0.1, 0.15) is 24.4 Å². The lowest BCUT2D eigenvalue weighted by atomic mass is 9.99. The monoisotopic (exact) mass is 356 g/mol. The molecule has 2 saturated heterocycles. The van der Waals surface area contributed by atoms with Crippen LogP contribution in [-0.2, 0) is 25.6 Å². The van der Waals surface area contributed by atoms with Crippen LogP contribution in [0.2, 0.25) is 0 Å². The molecule has 2 aliphatic rings. The van der Waals surface area contributed by atoms with Crippen molar-refractivity contribution in [2.24, 2.45) is 0 Å². The Morgan fingerprint density at radius 3 is 2.35 bits per heavy atom. The van der Waals surface area contributed by atoms with Crippen LogP contribution in [-0.4, -0.2) is 35.5 Å². The van der Waals surface area contributed by atoms with Crippen molar-refractivity contribution in [2.75, 3.05) is 0 Å². The fourth-order valence-electron chi connectivity index (χ4n) is 3.55. The van der Waals surface area contributed by atoms with Crippen molar-refractivity contribution in [3.05, 3.63) is 71.8 Å². The molecule has 5 nitrogen and oxygen atoms in total. The fraction of sp³-hybridized carbons (Fsp3) is 0.429. The zero-order valence-corrected chi connectivity index (χ0v) is 14.9. The Kier molecular flexibility index (Phi) is 4.82. The normalized spacial score (nSPS) is 30.9. The van der Waals surface area contributed by atoms with E-state index < -0.39 is 30.4 Å². The molecule has 0 aliphatic carbocycles. The molecule has 2 aliphatic heterocycles. The van der Waals surface area contributed by atoms with Crippen LogP contribution in [0.15, 0.2) is 60.7 Å². The number of ether oxygens (including phenoxy) is 4. The van der Waals surface area contributed by atoms with Crippen molar-refractivity contribution in [1.29, 1.82) is 0 Å². The first-order chi connectivity index (χ1) is 12.5. The number of rotatable bonds is 5. The number of aliphatic hydroxyl groups is 1. The van der Waals surface area contributed by atoms with Gasteiger partial charge in [-0.1, -0.05) is 60.7 Å². The zero-order chi connectivity index (χ0) is 18.1. The highest BCUT2D eigenvalue weighted by molar-refractivity contribution is 5.20. The van der Waals surface area contributed by atoms with Crippen molar-refractivity contribution in [2.45, 2.75) is 56.9 Å². The number of fused-ring (bicyclic) bond motifs is 1. The summed E-state index contributed by atoms with van der Waals surface area (Å²) >= 11 is 0. The van der Waals surface area contributed by atoms with E-state index in [0.717, 1.165) is 11.1 Å². The molecule has 26 heavy (non-hydrogen) atoms. The van der Waals surface area contributed by atoms with Gasteiger partial charge in [-0.25, -0.2) is 0 Å². The van der Waals surface area contributed by atoms with Gasteiger partial charge >= 0.3 is 0 Å². The maximum atomic E-state index is 10.9. The van der Waals surface area contributed by atoms with Gasteiger partial charge in [-0.2, -0.15) is 0 Å². The van der Waals surface area contributed by atoms with E-state index in [1.165, 1.54) is 0 Å². The molecule has 0 bridgehead atoms. The van der Waals surface area contributed by atoms with Gasteiger partial charge in [0.05, 0.1) is 6.61 Å². The molecule has 2 aromatic carbocycles. The summed E-state index contributed by atoms with van der Waals surface area (Å²) in [6.07, 6.45) is -2.74. The van der Waals surface area contributed by atoms with E-state index in [9.17, 15) is 5.11 Å². The van der Waals surface area contributed by atoms with Crippen LogP contribution in [0.4, 0.5) is 0 Å². The lowest BCUT2D eigenvalue weighted by Gasteiger charge is -2.28. The van der Waals surface area contributed by atoms with Crippen molar-refractivity contribution >= 4 is 0 Å². The van der Waals surface area contributed by atoms with Gasteiger partial charge in [0.2, 0.25) is 0 Å². The summed E-state index contributed by atoms with van der Waals surface area (Å²) in [6, 6.07) is 19.4. The van der Waals surface area contributed by atoms with Crippen LogP contribution in [0.25, 0.3) is 0 Å². The summed E-state index contributed by atoms with van der Waals surface area (Å²) in [5.74, 6) is -0.730. The summed E-state index contributed by atoms with van der Waals surface area (Å²) in [4.78, 5) is 0. The van der Waals surface area contributed by atoms with E-state index in [4.69, 9.17) is 18.9 Å². The summed E-state index contributed by atoms with van der Waals surface area (Å²) in [5.41, 5.74) is 1.84. The van der Waals surface area contributed by atoms with Crippen molar-refractivity contribution in [1.82, 2.24) is 0 Å². The third-order valence-corrected chi connectivity index (χ3v) is 4.76. The molecule has 0 amide bonds. The maximum absolute atomic E-state index is 10.9. The molecule has 2 aromatic rings. The van der Waals surface area contributed by atoms with E-state index in [2.05, 4.69) is 0 Å². The summed E-state index contributed by atoms with van der Waals surface area (Å²) in [5, 5.41) is 10.9. The predicted octanol–water partition coefficient (Wildman–Crippen LogP) is 3.18. The Bertz CT molecular complexity index is 718. The zero-order valence-electron chi connectivity index (χ0n) is 14.9. The average molecular weight is 356 g/mol. The van der Waals surface area contributed by atoms with Crippen LogP contribution < -0.4 is 0 Å². The van der Waals surface area contributed by atoms with E-state index in [1.807, 2.05) is 74.5 Å². The van der Waals surface area contributed by atoms with Gasteiger partial charge in [-0.05, 0) is 25.0 Å². The summed E-state index contributed by atoms with van der Waals surface area (Å²) in [7, 11) is 0. The molecule has 2 heterocycles. The second kappa shape index (κ2) is 7.10. The summed E-state index contributed by atoms with van der Waals surface area (Å²) in [6.45, 7) is 4.12. The second-order valence-electron chi connectivity index (χ2n) is 7.19. The molecule has 0 radical (unpaired) electrons. The van der Waals surface area contributed by atoms with E-state index in [0.29, 0.717) is 6.61 Å². The van der Waals surface area contributed by atoms with Crippen molar-refractivity contribution in [3.8, 4) is 0 Å².